The molecule has 0 unspecified atom stereocenters. The van der Waals surface area contributed by atoms with Crippen molar-refractivity contribution in [2.45, 2.75) is 87.8 Å². The minimum atomic E-state index is -1.25. The summed E-state index contributed by atoms with van der Waals surface area (Å²) in [6.45, 7) is 3.86. The third kappa shape index (κ3) is 1.33. The van der Waals surface area contributed by atoms with Crippen LogP contribution < -0.4 is 0 Å². The van der Waals surface area contributed by atoms with Crippen LogP contribution in [-0.4, -0.2) is 51.5 Å². The monoisotopic (exact) mass is 360 g/mol. The predicted octanol–water partition coefficient (Wildman–Crippen LogP) is 1.11. The van der Waals surface area contributed by atoms with Gasteiger partial charge in [0.05, 0.1) is 16.7 Å². The van der Waals surface area contributed by atoms with Gasteiger partial charge in [-0.15, -0.1) is 0 Å². The topological polar surface area (TPSA) is 96.5 Å². The second-order valence-corrected chi connectivity index (χ2v) is 9.94. The first-order valence-corrected chi connectivity index (χ1v) is 9.83. The molecule has 0 bridgehead atoms. The van der Waals surface area contributed by atoms with E-state index in [1.54, 1.807) is 0 Å². The second kappa shape index (κ2) is 4.01. The van der Waals surface area contributed by atoms with Crippen molar-refractivity contribution < 1.29 is 29.0 Å². The van der Waals surface area contributed by atoms with Crippen LogP contribution in [0.2, 0.25) is 0 Å². The molecule has 6 aliphatic rings. The molecule has 4 saturated carbocycles. The molecular formula is C20H24O6. The quantitative estimate of drug-likeness (QED) is 0.704. The molecule has 6 rings (SSSR count). The Morgan fingerprint density at radius 2 is 1.69 bits per heavy atom. The fourth-order valence-corrected chi connectivity index (χ4v) is 7.20. The Hall–Kier alpha value is -1.11. The van der Waals surface area contributed by atoms with Gasteiger partial charge in [-0.1, -0.05) is 0 Å². The summed E-state index contributed by atoms with van der Waals surface area (Å²) in [4.78, 5) is 38.0. The van der Waals surface area contributed by atoms with Gasteiger partial charge < -0.3 is 14.6 Å². The summed E-state index contributed by atoms with van der Waals surface area (Å²) in [6.07, 6.45) is 2.40. The molecule has 0 amide bonds. The molecule has 4 aliphatic carbocycles. The fourth-order valence-electron chi connectivity index (χ4n) is 7.20. The van der Waals surface area contributed by atoms with Crippen molar-refractivity contribution in [2.24, 2.45) is 16.7 Å². The van der Waals surface area contributed by atoms with Gasteiger partial charge in [0.25, 0.3) is 0 Å². The zero-order valence-corrected chi connectivity index (χ0v) is 15.2. The number of carbonyl (C=O) groups excluding carboxylic acids is 3. The Kier molecular flexibility index (Phi) is 2.45. The normalized spacial score (nSPS) is 62.4. The van der Waals surface area contributed by atoms with E-state index in [0.29, 0.717) is 44.9 Å². The van der Waals surface area contributed by atoms with Crippen molar-refractivity contribution in [3.63, 3.8) is 0 Å². The fraction of sp³-hybridized carbons (Fsp3) is 0.850. The molecule has 2 aliphatic heterocycles. The maximum Gasteiger partial charge on any atom is 0.164 e. The average Bonchev–Trinajstić information content (AvgIpc) is 3.48. The number of ether oxygens (including phenoxy) is 2. The summed E-state index contributed by atoms with van der Waals surface area (Å²) in [7, 11) is 0. The highest BCUT2D eigenvalue weighted by Crippen LogP contribution is 2.72. The van der Waals surface area contributed by atoms with Gasteiger partial charge in [0.15, 0.2) is 5.78 Å². The van der Waals surface area contributed by atoms with Crippen LogP contribution in [0.4, 0.5) is 0 Å². The zero-order chi connectivity index (χ0) is 18.3. The minimum Gasteiger partial charge on any atom is -0.386 e. The van der Waals surface area contributed by atoms with E-state index in [4.69, 9.17) is 9.47 Å². The Morgan fingerprint density at radius 3 is 2.46 bits per heavy atom. The number of rotatable bonds is 1. The van der Waals surface area contributed by atoms with E-state index < -0.39 is 45.8 Å². The largest absolute Gasteiger partial charge is 0.386 e. The number of carbonyl (C=O) groups is 3. The van der Waals surface area contributed by atoms with E-state index in [-0.39, 0.29) is 17.3 Å². The lowest BCUT2D eigenvalue weighted by atomic mass is 9.60. The maximum absolute atomic E-state index is 13.4. The molecule has 0 aromatic rings. The first-order chi connectivity index (χ1) is 12.1. The number of aliphatic hydroxyl groups is 1. The Labute approximate surface area is 151 Å². The average molecular weight is 360 g/mol. The van der Waals surface area contributed by atoms with Gasteiger partial charge in [-0.2, -0.15) is 0 Å². The molecule has 8 atom stereocenters. The van der Waals surface area contributed by atoms with Crippen molar-refractivity contribution in [1.82, 2.24) is 0 Å². The van der Waals surface area contributed by atoms with Gasteiger partial charge in [0.1, 0.15) is 40.6 Å². The van der Waals surface area contributed by atoms with E-state index in [1.807, 2.05) is 13.8 Å². The van der Waals surface area contributed by atoms with Gasteiger partial charge in [0, 0.05) is 12.8 Å². The molecule has 1 N–H and O–H groups in total. The summed E-state index contributed by atoms with van der Waals surface area (Å²) in [6, 6.07) is 0. The molecule has 6 nitrogen and oxygen atoms in total. The lowest BCUT2D eigenvalue weighted by Crippen LogP contribution is -2.56. The summed E-state index contributed by atoms with van der Waals surface area (Å²) in [5.41, 5.74) is -3.79. The van der Waals surface area contributed by atoms with Crippen LogP contribution in [0.5, 0.6) is 0 Å². The molecule has 0 aromatic carbocycles. The van der Waals surface area contributed by atoms with Crippen LogP contribution in [0.3, 0.4) is 0 Å². The first kappa shape index (κ1) is 15.9. The standard InChI is InChI=1S/C20H24O6/c1-16-7-8-18(24,15-19(16,26-15)6-4-12(16)22)10-9-20-14(25-20)11(21)3-5-17(20,2)13(10)23/h10,14-15,24H,3-9H2,1-2H3/t10-,14+,15+,16+,17+,18+,19+,20+/m0/s1. The lowest BCUT2D eigenvalue weighted by molar-refractivity contribution is -0.142. The first-order valence-electron chi connectivity index (χ1n) is 9.83. The SMILES string of the molecule is C[C@]12CCC(=O)[C@H]3O[C@]31C[C@H]([C@]1(O)CC[C@]3(C)C(=O)CC[C@]34O[C@H]14)C2=O. The Morgan fingerprint density at radius 1 is 0.923 bits per heavy atom. The van der Waals surface area contributed by atoms with Gasteiger partial charge in [-0.3, -0.25) is 14.4 Å². The summed E-state index contributed by atoms with van der Waals surface area (Å²) >= 11 is 0. The molecule has 140 valence electrons. The molecule has 6 fully saturated rings. The maximum atomic E-state index is 13.4. The Bertz CT molecular complexity index is 806. The van der Waals surface area contributed by atoms with Gasteiger partial charge >= 0.3 is 0 Å². The minimum absolute atomic E-state index is 0.0218. The molecule has 0 radical (unpaired) electrons. The van der Waals surface area contributed by atoms with Crippen LogP contribution in [0.1, 0.15) is 58.8 Å². The van der Waals surface area contributed by atoms with Crippen molar-refractivity contribution in [3.8, 4) is 0 Å². The van der Waals surface area contributed by atoms with Gasteiger partial charge in [-0.05, 0) is 46.0 Å². The molecule has 0 aromatic heterocycles. The van der Waals surface area contributed by atoms with E-state index in [9.17, 15) is 19.5 Å². The van der Waals surface area contributed by atoms with E-state index >= 15 is 0 Å². The third-order valence-electron chi connectivity index (χ3n) is 9.21. The molecular weight excluding hydrogens is 336 g/mol. The van der Waals surface area contributed by atoms with Gasteiger partial charge in [-0.25, -0.2) is 0 Å². The molecule has 2 heterocycles. The van der Waals surface area contributed by atoms with E-state index in [2.05, 4.69) is 0 Å². The highest BCUT2D eigenvalue weighted by Gasteiger charge is 2.85. The molecule has 26 heavy (non-hydrogen) atoms. The third-order valence-corrected chi connectivity index (χ3v) is 9.21. The second-order valence-electron chi connectivity index (χ2n) is 9.94. The lowest BCUT2D eigenvalue weighted by Gasteiger charge is -2.42. The number of Topliss-reactive ketones (excluding diaryl/α,β-unsaturated/α-hetero) is 3. The van der Waals surface area contributed by atoms with Crippen LogP contribution >= 0.6 is 0 Å². The zero-order valence-electron chi connectivity index (χ0n) is 15.2. The smallest absolute Gasteiger partial charge is 0.164 e. The highest BCUT2D eigenvalue weighted by atomic mass is 16.6. The molecule has 2 saturated heterocycles. The Balaban J connectivity index is 1.38. The predicted molar refractivity (Wildman–Crippen MR) is 87.2 cm³/mol. The van der Waals surface area contributed by atoms with Crippen molar-refractivity contribution in [3.05, 3.63) is 0 Å². The van der Waals surface area contributed by atoms with Crippen LogP contribution in [0, 0.1) is 16.7 Å². The van der Waals surface area contributed by atoms with E-state index in [0.717, 1.165) is 0 Å². The number of epoxide rings is 2. The van der Waals surface area contributed by atoms with E-state index in [1.165, 1.54) is 0 Å². The number of ketones is 3. The van der Waals surface area contributed by atoms with Crippen molar-refractivity contribution >= 4 is 17.3 Å². The van der Waals surface area contributed by atoms with Crippen molar-refractivity contribution in [1.29, 1.82) is 0 Å². The summed E-state index contributed by atoms with van der Waals surface area (Å²) < 4.78 is 11.9. The van der Waals surface area contributed by atoms with Crippen LogP contribution in [0.15, 0.2) is 0 Å². The molecule has 6 heteroatoms. The molecule has 2 spiro atoms. The van der Waals surface area contributed by atoms with Crippen LogP contribution in [0.25, 0.3) is 0 Å². The number of hydrogen-bond donors (Lipinski definition) is 1. The van der Waals surface area contributed by atoms with Crippen molar-refractivity contribution in [2.75, 3.05) is 0 Å². The number of hydrogen-bond acceptors (Lipinski definition) is 6. The highest BCUT2D eigenvalue weighted by molar-refractivity contribution is 6.00. The van der Waals surface area contributed by atoms with Crippen LogP contribution in [-0.2, 0) is 23.9 Å². The summed E-state index contributed by atoms with van der Waals surface area (Å²) in [5, 5.41) is 11.7. The van der Waals surface area contributed by atoms with Gasteiger partial charge in [0.2, 0.25) is 0 Å². The summed E-state index contributed by atoms with van der Waals surface area (Å²) in [5.74, 6) is -0.253.